The lowest BCUT2D eigenvalue weighted by Crippen LogP contribution is -2.37. The van der Waals surface area contributed by atoms with Crippen LogP contribution in [0.2, 0.25) is 0 Å². The maximum Gasteiger partial charge on any atom is 0.165 e. The molecule has 0 aromatic heterocycles. The van der Waals surface area contributed by atoms with Crippen LogP contribution in [0.1, 0.15) is 45.7 Å². The molecule has 21 heavy (non-hydrogen) atoms. The minimum absolute atomic E-state index is 0.0437. The van der Waals surface area contributed by atoms with E-state index in [4.69, 9.17) is 9.47 Å². The molecule has 0 radical (unpaired) electrons. The quantitative estimate of drug-likeness (QED) is 0.919. The van der Waals surface area contributed by atoms with Crippen LogP contribution in [0.25, 0.3) is 0 Å². The molecule has 4 heteroatoms. The fourth-order valence-electron chi connectivity index (χ4n) is 3.60. The van der Waals surface area contributed by atoms with Crippen molar-refractivity contribution in [3.05, 3.63) is 29.6 Å². The Morgan fingerprint density at radius 2 is 2.00 bits per heavy atom. The van der Waals surface area contributed by atoms with Gasteiger partial charge in [-0.2, -0.15) is 0 Å². The second-order valence-electron chi connectivity index (χ2n) is 6.94. The molecule has 1 fully saturated rings. The third-order valence-electron chi connectivity index (χ3n) is 4.39. The maximum atomic E-state index is 14.0. The van der Waals surface area contributed by atoms with E-state index in [0.717, 1.165) is 12.0 Å². The van der Waals surface area contributed by atoms with Crippen LogP contribution in [0.4, 0.5) is 4.39 Å². The summed E-state index contributed by atoms with van der Waals surface area (Å²) in [5.41, 5.74) is 0.511. The van der Waals surface area contributed by atoms with E-state index in [0.29, 0.717) is 0 Å². The van der Waals surface area contributed by atoms with Gasteiger partial charge in [-0.05, 0) is 58.9 Å². The molecule has 1 aromatic carbocycles. The molecule has 118 valence electrons. The van der Waals surface area contributed by atoms with Crippen LogP contribution in [-0.4, -0.2) is 25.4 Å². The molecule has 0 spiro atoms. The Balaban J connectivity index is 2.34. The molecule has 3 nitrogen and oxygen atoms in total. The monoisotopic (exact) mass is 295 g/mol. The van der Waals surface area contributed by atoms with Crippen molar-refractivity contribution in [2.75, 3.05) is 14.2 Å². The molecule has 1 aliphatic rings. The minimum Gasteiger partial charge on any atom is -0.494 e. The summed E-state index contributed by atoms with van der Waals surface area (Å²) in [4.78, 5) is 0. The van der Waals surface area contributed by atoms with E-state index in [-0.39, 0.29) is 34.7 Å². The van der Waals surface area contributed by atoms with Crippen molar-refractivity contribution < 1.29 is 13.9 Å². The van der Waals surface area contributed by atoms with Gasteiger partial charge >= 0.3 is 0 Å². The number of nitrogens with one attached hydrogen (secondary N) is 1. The van der Waals surface area contributed by atoms with Crippen LogP contribution in [0.3, 0.4) is 0 Å². The summed E-state index contributed by atoms with van der Waals surface area (Å²) in [6, 6.07) is 5.21. The topological polar surface area (TPSA) is 30.5 Å². The van der Waals surface area contributed by atoms with Gasteiger partial charge in [-0.3, -0.25) is 0 Å². The zero-order valence-corrected chi connectivity index (χ0v) is 13.8. The SMILES string of the molecule is CNC(c1ccc(OC)c(F)c1)C1CC(C)(C)OC1(C)C. The molecule has 2 rings (SSSR count). The van der Waals surface area contributed by atoms with Crippen molar-refractivity contribution in [1.82, 2.24) is 5.32 Å². The van der Waals surface area contributed by atoms with Gasteiger partial charge in [0.25, 0.3) is 0 Å². The van der Waals surface area contributed by atoms with Gasteiger partial charge in [0.05, 0.1) is 18.3 Å². The van der Waals surface area contributed by atoms with Gasteiger partial charge in [0.15, 0.2) is 11.6 Å². The normalized spacial score (nSPS) is 24.8. The van der Waals surface area contributed by atoms with E-state index in [2.05, 4.69) is 33.0 Å². The van der Waals surface area contributed by atoms with Crippen molar-refractivity contribution in [2.24, 2.45) is 5.92 Å². The van der Waals surface area contributed by atoms with E-state index in [1.807, 2.05) is 13.1 Å². The lowest BCUT2D eigenvalue weighted by atomic mass is 9.79. The van der Waals surface area contributed by atoms with Gasteiger partial charge in [0, 0.05) is 12.0 Å². The van der Waals surface area contributed by atoms with Gasteiger partial charge < -0.3 is 14.8 Å². The van der Waals surface area contributed by atoms with Crippen LogP contribution in [0.5, 0.6) is 5.75 Å². The highest BCUT2D eigenvalue weighted by molar-refractivity contribution is 5.32. The largest absolute Gasteiger partial charge is 0.494 e. The minimum atomic E-state index is -0.328. The molecular formula is C17H26FNO2. The van der Waals surface area contributed by atoms with Crippen LogP contribution in [0.15, 0.2) is 18.2 Å². The molecule has 1 heterocycles. The van der Waals surface area contributed by atoms with Gasteiger partial charge in [-0.25, -0.2) is 4.39 Å². The third-order valence-corrected chi connectivity index (χ3v) is 4.39. The Kier molecular flexibility index (Phi) is 4.31. The van der Waals surface area contributed by atoms with Crippen LogP contribution in [-0.2, 0) is 4.74 Å². The fraction of sp³-hybridized carbons (Fsp3) is 0.647. The zero-order valence-electron chi connectivity index (χ0n) is 13.8. The first-order chi connectivity index (χ1) is 9.70. The summed E-state index contributed by atoms with van der Waals surface area (Å²) in [5.74, 6) is 0.215. The smallest absolute Gasteiger partial charge is 0.165 e. The lowest BCUT2D eigenvalue weighted by Gasteiger charge is -2.33. The van der Waals surface area contributed by atoms with Gasteiger partial charge in [0.2, 0.25) is 0 Å². The van der Waals surface area contributed by atoms with Gasteiger partial charge in [-0.15, -0.1) is 0 Å². The summed E-state index contributed by atoms with van der Waals surface area (Å²) in [6.07, 6.45) is 0.930. The van der Waals surface area contributed by atoms with E-state index in [9.17, 15) is 4.39 Å². The number of benzene rings is 1. The number of ether oxygens (including phenoxy) is 2. The van der Waals surface area contributed by atoms with Crippen molar-refractivity contribution in [2.45, 2.75) is 51.4 Å². The van der Waals surface area contributed by atoms with Crippen molar-refractivity contribution in [3.63, 3.8) is 0 Å². The predicted molar refractivity (Wildman–Crippen MR) is 82.1 cm³/mol. The van der Waals surface area contributed by atoms with Crippen LogP contribution in [0, 0.1) is 11.7 Å². The van der Waals surface area contributed by atoms with Crippen LogP contribution < -0.4 is 10.1 Å². The summed E-state index contributed by atoms with van der Waals surface area (Å²) >= 11 is 0. The second kappa shape index (κ2) is 5.58. The predicted octanol–water partition coefficient (Wildman–Crippen LogP) is 3.69. The molecule has 0 amide bonds. The average molecular weight is 295 g/mol. The number of methoxy groups -OCH3 is 1. The number of hydrogen-bond acceptors (Lipinski definition) is 3. The molecule has 1 aliphatic heterocycles. The molecule has 1 N–H and O–H groups in total. The highest BCUT2D eigenvalue weighted by Gasteiger charge is 2.49. The molecule has 0 bridgehead atoms. The molecular weight excluding hydrogens is 269 g/mol. The van der Waals surface area contributed by atoms with E-state index in [1.165, 1.54) is 7.11 Å². The molecule has 2 atom stereocenters. The van der Waals surface area contributed by atoms with Crippen LogP contribution >= 0.6 is 0 Å². The van der Waals surface area contributed by atoms with Crippen molar-refractivity contribution >= 4 is 0 Å². The van der Waals surface area contributed by atoms with E-state index in [1.54, 1.807) is 12.1 Å². The van der Waals surface area contributed by atoms with E-state index >= 15 is 0 Å². The number of rotatable bonds is 4. The third kappa shape index (κ3) is 3.22. The average Bonchev–Trinajstić information content (AvgIpc) is 2.59. The first-order valence-electron chi connectivity index (χ1n) is 7.41. The summed E-state index contributed by atoms with van der Waals surface area (Å²) in [7, 11) is 3.39. The first kappa shape index (κ1) is 16.2. The Hall–Kier alpha value is -1.13. The van der Waals surface area contributed by atoms with Gasteiger partial charge in [-0.1, -0.05) is 6.07 Å². The Morgan fingerprint density at radius 3 is 2.43 bits per heavy atom. The molecule has 0 aliphatic carbocycles. The van der Waals surface area contributed by atoms with Crippen molar-refractivity contribution in [3.8, 4) is 5.75 Å². The Morgan fingerprint density at radius 1 is 1.33 bits per heavy atom. The summed E-state index contributed by atoms with van der Waals surface area (Å²) in [5, 5.41) is 3.33. The highest BCUT2D eigenvalue weighted by atomic mass is 19.1. The van der Waals surface area contributed by atoms with Gasteiger partial charge in [0.1, 0.15) is 0 Å². The molecule has 0 saturated carbocycles. The fourth-order valence-corrected chi connectivity index (χ4v) is 3.60. The molecule has 1 saturated heterocycles. The number of halogens is 1. The standard InChI is InChI=1S/C17H26FNO2/c1-16(2)10-12(17(3,4)21-16)15(19-5)11-7-8-14(20-6)13(18)9-11/h7-9,12,15,19H,10H2,1-6H3. The number of hydrogen-bond donors (Lipinski definition) is 1. The van der Waals surface area contributed by atoms with E-state index < -0.39 is 0 Å². The Labute approximate surface area is 126 Å². The molecule has 1 aromatic rings. The summed E-state index contributed by atoms with van der Waals surface area (Å²) in [6.45, 7) is 8.43. The maximum absolute atomic E-state index is 14.0. The summed E-state index contributed by atoms with van der Waals surface area (Å²) < 4.78 is 25.2. The first-order valence-corrected chi connectivity index (χ1v) is 7.41. The molecule has 2 unspecified atom stereocenters. The van der Waals surface area contributed by atoms with Crippen molar-refractivity contribution in [1.29, 1.82) is 0 Å². The highest BCUT2D eigenvalue weighted by Crippen LogP contribution is 2.47. The lowest BCUT2D eigenvalue weighted by molar-refractivity contribution is -0.0776. The zero-order chi connectivity index (χ0) is 15.8. The second-order valence-corrected chi connectivity index (χ2v) is 6.94. The Bertz CT molecular complexity index is 514.